The Morgan fingerprint density at radius 3 is 2.95 bits per heavy atom. The van der Waals surface area contributed by atoms with E-state index in [1.54, 1.807) is 19.1 Å². The minimum absolute atomic E-state index is 0.123. The van der Waals surface area contributed by atoms with Crippen LogP contribution in [0.3, 0.4) is 0 Å². The van der Waals surface area contributed by atoms with Gasteiger partial charge >= 0.3 is 0 Å². The van der Waals surface area contributed by atoms with Crippen molar-refractivity contribution in [3.8, 4) is 0 Å². The van der Waals surface area contributed by atoms with Gasteiger partial charge in [0.15, 0.2) is 0 Å². The quantitative estimate of drug-likeness (QED) is 0.725. The van der Waals surface area contributed by atoms with Crippen LogP contribution in [0.15, 0.2) is 24.3 Å². The lowest BCUT2D eigenvalue weighted by molar-refractivity contribution is -0.127. The van der Waals surface area contributed by atoms with Gasteiger partial charge in [-0.1, -0.05) is 12.1 Å². The molecule has 1 unspecified atom stereocenters. The van der Waals surface area contributed by atoms with Gasteiger partial charge in [0.2, 0.25) is 11.8 Å². The number of rotatable bonds is 3. The fraction of sp³-hybridized carbons (Fsp3) is 0.385. The highest BCUT2D eigenvalue weighted by Gasteiger charge is 2.24. The molecule has 0 bridgehead atoms. The average molecular weight is 265 g/mol. The number of benzene rings is 1. The van der Waals surface area contributed by atoms with Gasteiger partial charge in [0, 0.05) is 6.54 Å². The summed E-state index contributed by atoms with van der Waals surface area (Å²) >= 11 is 0. The number of carbonyl (C=O) groups is 2. The smallest absolute Gasteiger partial charge is 0.239 e. The molecule has 6 heteroatoms. The molecule has 0 aromatic heterocycles. The highest BCUT2D eigenvalue weighted by Crippen LogP contribution is 2.13. The monoisotopic (exact) mass is 265 g/mol. The zero-order chi connectivity index (χ0) is 13.8. The Labute approximate surface area is 110 Å². The Hall–Kier alpha value is -1.95. The maximum atomic E-state index is 13.1. The molecule has 1 aromatic carbocycles. The fourth-order valence-electron chi connectivity index (χ4n) is 1.93. The van der Waals surface area contributed by atoms with Gasteiger partial charge in [0.25, 0.3) is 0 Å². The molecule has 2 rings (SSSR count). The van der Waals surface area contributed by atoms with Crippen molar-refractivity contribution in [1.29, 1.82) is 0 Å². The summed E-state index contributed by atoms with van der Waals surface area (Å²) < 4.78 is 13.1. The topological polar surface area (TPSA) is 70.2 Å². The number of amides is 2. The fourth-order valence-corrected chi connectivity index (χ4v) is 1.93. The maximum Gasteiger partial charge on any atom is 0.239 e. The van der Waals surface area contributed by atoms with Crippen molar-refractivity contribution in [1.82, 2.24) is 16.0 Å². The number of halogens is 1. The lowest BCUT2D eigenvalue weighted by Crippen LogP contribution is -2.58. The minimum Gasteiger partial charge on any atom is -0.353 e. The molecule has 2 atom stereocenters. The standard InChI is InChI=1S/C13H16FN3O2/c1-8(9-3-2-4-10(14)5-9)17-13(19)11-6-16-12(18)7-15-11/h2-5,8,11,15H,6-7H2,1H3,(H,16,18)(H,17,19)/t8-,11?/m0/s1. The van der Waals surface area contributed by atoms with Crippen LogP contribution in [0, 0.1) is 5.82 Å². The zero-order valence-electron chi connectivity index (χ0n) is 10.6. The molecular weight excluding hydrogens is 249 g/mol. The van der Waals surface area contributed by atoms with Gasteiger partial charge in [-0.15, -0.1) is 0 Å². The zero-order valence-corrected chi connectivity index (χ0v) is 10.6. The minimum atomic E-state index is -0.450. The Bertz CT molecular complexity index is 483. The van der Waals surface area contributed by atoms with E-state index >= 15 is 0 Å². The number of hydrogen-bond donors (Lipinski definition) is 3. The van der Waals surface area contributed by atoms with Gasteiger partial charge in [0.1, 0.15) is 11.9 Å². The summed E-state index contributed by atoms with van der Waals surface area (Å²) in [6.07, 6.45) is 0. The van der Waals surface area contributed by atoms with Crippen LogP contribution in [0.1, 0.15) is 18.5 Å². The van der Waals surface area contributed by atoms with Crippen molar-refractivity contribution < 1.29 is 14.0 Å². The SMILES string of the molecule is C[C@H](NC(=O)C1CNC(=O)CN1)c1cccc(F)c1. The lowest BCUT2D eigenvalue weighted by atomic mass is 10.1. The molecule has 1 aliphatic rings. The maximum absolute atomic E-state index is 13.1. The molecule has 102 valence electrons. The molecule has 0 aliphatic carbocycles. The number of hydrogen-bond acceptors (Lipinski definition) is 3. The summed E-state index contributed by atoms with van der Waals surface area (Å²) in [5.41, 5.74) is 0.702. The van der Waals surface area contributed by atoms with Crippen LogP contribution in [0.25, 0.3) is 0 Å². The van der Waals surface area contributed by atoms with E-state index in [-0.39, 0.29) is 36.8 Å². The van der Waals surface area contributed by atoms with Crippen LogP contribution in [-0.4, -0.2) is 30.9 Å². The summed E-state index contributed by atoms with van der Waals surface area (Å²) in [6.45, 7) is 2.18. The van der Waals surface area contributed by atoms with Crippen LogP contribution in [0.4, 0.5) is 4.39 Å². The Balaban J connectivity index is 1.93. The van der Waals surface area contributed by atoms with E-state index in [9.17, 15) is 14.0 Å². The predicted molar refractivity (Wildman–Crippen MR) is 67.8 cm³/mol. The number of piperazine rings is 1. The first-order valence-electron chi connectivity index (χ1n) is 6.12. The Kier molecular flexibility index (Phi) is 4.11. The first-order valence-corrected chi connectivity index (χ1v) is 6.12. The van der Waals surface area contributed by atoms with E-state index in [1.807, 2.05) is 0 Å². The number of nitrogens with one attached hydrogen (secondary N) is 3. The first kappa shape index (κ1) is 13.5. The van der Waals surface area contributed by atoms with Crippen LogP contribution < -0.4 is 16.0 Å². The van der Waals surface area contributed by atoms with Gasteiger partial charge in [-0.05, 0) is 24.6 Å². The summed E-state index contributed by atoms with van der Waals surface area (Å²) in [5.74, 6) is -0.666. The molecule has 0 saturated carbocycles. The third-order valence-corrected chi connectivity index (χ3v) is 3.04. The second-order valence-corrected chi connectivity index (χ2v) is 4.52. The highest BCUT2D eigenvalue weighted by molar-refractivity contribution is 5.86. The van der Waals surface area contributed by atoms with E-state index in [0.717, 1.165) is 0 Å². The van der Waals surface area contributed by atoms with Crippen LogP contribution in [0.5, 0.6) is 0 Å². The van der Waals surface area contributed by atoms with Gasteiger partial charge in [-0.2, -0.15) is 0 Å². The summed E-state index contributed by atoms with van der Waals surface area (Å²) in [7, 11) is 0. The van der Waals surface area contributed by atoms with Crippen molar-refractivity contribution >= 4 is 11.8 Å². The Morgan fingerprint density at radius 2 is 2.32 bits per heavy atom. The van der Waals surface area contributed by atoms with Gasteiger partial charge in [-0.3, -0.25) is 14.9 Å². The highest BCUT2D eigenvalue weighted by atomic mass is 19.1. The van der Waals surface area contributed by atoms with Crippen molar-refractivity contribution in [2.45, 2.75) is 19.0 Å². The van der Waals surface area contributed by atoms with Gasteiger partial charge < -0.3 is 10.6 Å². The third kappa shape index (κ3) is 3.51. The van der Waals surface area contributed by atoms with Gasteiger partial charge in [-0.25, -0.2) is 4.39 Å². The van der Waals surface area contributed by atoms with E-state index in [2.05, 4.69) is 16.0 Å². The Morgan fingerprint density at radius 1 is 1.53 bits per heavy atom. The summed E-state index contributed by atoms with van der Waals surface area (Å²) in [4.78, 5) is 22.9. The second-order valence-electron chi connectivity index (χ2n) is 4.52. The molecule has 1 fully saturated rings. The van der Waals surface area contributed by atoms with Crippen LogP contribution >= 0.6 is 0 Å². The molecule has 3 N–H and O–H groups in total. The molecule has 1 heterocycles. The summed E-state index contributed by atoms with van der Waals surface area (Å²) in [5, 5.41) is 8.24. The van der Waals surface area contributed by atoms with E-state index in [1.165, 1.54) is 12.1 Å². The van der Waals surface area contributed by atoms with Crippen molar-refractivity contribution in [3.63, 3.8) is 0 Å². The van der Waals surface area contributed by atoms with Crippen molar-refractivity contribution in [2.75, 3.05) is 13.1 Å². The lowest BCUT2D eigenvalue weighted by Gasteiger charge is -2.25. The van der Waals surface area contributed by atoms with Crippen LogP contribution in [0.2, 0.25) is 0 Å². The molecule has 1 aliphatic heterocycles. The normalized spacial score (nSPS) is 20.5. The molecular formula is C13H16FN3O2. The second kappa shape index (κ2) is 5.79. The summed E-state index contributed by atoms with van der Waals surface area (Å²) in [6, 6.07) is 5.37. The van der Waals surface area contributed by atoms with Crippen molar-refractivity contribution in [3.05, 3.63) is 35.6 Å². The molecule has 1 saturated heterocycles. The first-order chi connectivity index (χ1) is 9.06. The largest absolute Gasteiger partial charge is 0.353 e. The van der Waals surface area contributed by atoms with E-state index in [4.69, 9.17) is 0 Å². The van der Waals surface area contributed by atoms with Crippen LogP contribution in [-0.2, 0) is 9.59 Å². The average Bonchev–Trinajstić information content (AvgIpc) is 2.39. The third-order valence-electron chi connectivity index (χ3n) is 3.04. The molecule has 2 amide bonds. The molecule has 1 aromatic rings. The molecule has 0 radical (unpaired) electrons. The number of carbonyl (C=O) groups excluding carboxylic acids is 2. The van der Waals surface area contributed by atoms with E-state index in [0.29, 0.717) is 5.56 Å². The molecule has 5 nitrogen and oxygen atoms in total. The van der Waals surface area contributed by atoms with E-state index < -0.39 is 6.04 Å². The molecule has 19 heavy (non-hydrogen) atoms. The predicted octanol–water partition coefficient (Wildman–Crippen LogP) is 0.0909. The van der Waals surface area contributed by atoms with Gasteiger partial charge in [0.05, 0.1) is 12.6 Å². The molecule has 0 spiro atoms. The van der Waals surface area contributed by atoms with Crippen molar-refractivity contribution in [2.24, 2.45) is 0 Å².